The van der Waals surface area contributed by atoms with Crippen molar-refractivity contribution in [2.24, 2.45) is 0 Å². The van der Waals surface area contributed by atoms with Crippen molar-refractivity contribution in [1.82, 2.24) is 0 Å². The number of hydrogen-bond donors (Lipinski definition) is 1. The minimum absolute atomic E-state index is 0.0696. The quantitative estimate of drug-likeness (QED) is 0.857. The molecule has 1 rings (SSSR count). The summed E-state index contributed by atoms with van der Waals surface area (Å²) in [7, 11) is -4.41. The van der Waals surface area contributed by atoms with Crippen molar-refractivity contribution in [3.63, 3.8) is 0 Å². The van der Waals surface area contributed by atoms with E-state index < -0.39 is 21.5 Å². The van der Waals surface area contributed by atoms with Gasteiger partial charge in [-0.2, -0.15) is 21.6 Å². The second-order valence-corrected chi connectivity index (χ2v) is 4.80. The second kappa shape index (κ2) is 4.84. The largest absolute Gasteiger partial charge is 0.516 e. The molecule has 1 aromatic carbocycles. The Bertz CT molecular complexity index is 553. The third-order valence-electron chi connectivity index (χ3n) is 1.84. The van der Waals surface area contributed by atoms with Crippen LogP contribution in [0.25, 0.3) is 0 Å². The number of benzene rings is 1. The van der Waals surface area contributed by atoms with Crippen LogP contribution in [0.1, 0.15) is 10.4 Å². The van der Waals surface area contributed by atoms with E-state index in [1.54, 1.807) is 0 Å². The monoisotopic (exact) mass is 283 g/mol. The van der Waals surface area contributed by atoms with Gasteiger partial charge in [0.2, 0.25) is 0 Å². The molecule has 0 atom stereocenters. The van der Waals surface area contributed by atoms with Crippen LogP contribution in [0.15, 0.2) is 24.3 Å². The van der Waals surface area contributed by atoms with Gasteiger partial charge in [-0.3, -0.25) is 4.72 Å². The molecule has 0 radical (unpaired) electrons. The maximum absolute atomic E-state index is 12.1. The maximum atomic E-state index is 12.1. The Balaban J connectivity index is 3.04. The van der Waals surface area contributed by atoms with Crippen LogP contribution >= 0.6 is 0 Å². The molecule has 0 saturated heterocycles. The molecule has 0 fully saturated rings. The van der Waals surface area contributed by atoms with Crippen molar-refractivity contribution in [2.75, 3.05) is 11.8 Å². The van der Waals surface area contributed by atoms with Crippen molar-refractivity contribution in [3.05, 3.63) is 29.8 Å². The Morgan fingerprint density at radius 1 is 1.33 bits per heavy atom. The highest BCUT2D eigenvalue weighted by Gasteiger charge is 2.46. The molecule has 18 heavy (non-hydrogen) atoms. The normalized spacial score (nSPS) is 12.0. The topological polar surface area (TPSA) is 72.5 Å². The van der Waals surface area contributed by atoms with Gasteiger partial charge < -0.3 is 4.74 Å². The molecule has 1 N–H and O–H groups in total. The number of methoxy groups -OCH3 is 1. The number of esters is 1. The van der Waals surface area contributed by atoms with Crippen molar-refractivity contribution >= 4 is 21.7 Å². The summed E-state index contributed by atoms with van der Waals surface area (Å²) in [5.41, 5.74) is -5.87. The number of halogens is 3. The zero-order valence-corrected chi connectivity index (χ0v) is 9.80. The van der Waals surface area contributed by atoms with Gasteiger partial charge in [-0.25, -0.2) is 4.79 Å². The van der Waals surface area contributed by atoms with Crippen LogP contribution in [0.3, 0.4) is 0 Å². The van der Waals surface area contributed by atoms with E-state index in [0.717, 1.165) is 19.2 Å². The van der Waals surface area contributed by atoms with Crippen LogP contribution < -0.4 is 4.72 Å². The van der Waals surface area contributed by atoms with Crippen LogP contribution in [-0.2, 0) is 14.8 Å². The molecule has 0 aliphatic carbocycles. The van der Waals surface area contributed by atoms with Crippen LogP contribution in [0.2, 0.25) is 0 Å². The van der Waals surface area contributed by atoms with Crippen molar-refractivity contribution < 1.29 is 31.1 Å². The van der Waals surface area contributed by atoms with Gasteiger partial charge in [0.15, 0.2) is 0 Å². The average Bonchev–Trinajstić information content (AvgIpc) is 2.26. The molecule has 0 amide bonds. The van der Waals surface area contributed by atoms with E-state index in [1.807, 2.05) is 0 Å². The number of carbonyl (C=O) groups is 1. The van der Waals surface area contributed by atoms with Gasteiger partial charge in [0.1, 0.15) is 0 Å². The van der Waals surface area contributed by atoms with Gasteiger partial charge in [-0.05, 0) is 18.2 Å². The Hall–Kier alpha value is -1.77. The average molecular weight is 283 g/mol. The second-order valence-electron chi connectivity index (χ2n) is 3.12. The minimum atomic E-state index is -5.50. The summed E-state index contributed by atoms with van der Waals surface area (Å²) in [5, 5.41) is 0. The molecule has 0 aromatic heterocycles. The summed E-state index contributed by atoms with van der Waals surface area (Å²) in [6.45, 7) is 0. The third kappa shape index (κ3) is 3.13. The first-order valence-electron chi connectivity index (χ1n) is 4.45. The zero-order valence-electron chi connectivity index (χ0n) is 8.98. The van der Waals surface area contributed by atoms with E-state index in [4.69, 9.17) is 0 Å². The molecule has 100 valence electrons. The fourth-order valence-corrected chi connectivity index (χ4v) is 1.59. The van der Waals surface area contributed by atoms with Gasteiger partial charge in [0.05, 0.1) is 12.7 Å². The first kappa shape index (κ1) is 14.3. The van der Waals surface area contributed by atoms with Crippen LogP contribution in [0, 0.1) is 0 Å². The highest BCUT2D eigenvalue weighted by atomic mass is 32.2. The fourth-order valence-electron chi connectivity index (χ4n) is 1.04. The molecular formula is C9H8F3NO4S. The molecule has 0 spiro atoms. The summed E-state index contributed by atoms with van der Waals surface area (Å²) in [6.07, 6.45) is 0. The van der Waals surface area contributed by atoms with E-state index in [1.165, 1.54) is 16.9 Å². The highest BCUT2D eigenvalue weighted by Crippen LogP contribution is 2.25. The first-order valence-corrected chi connectivity index (χ1v) is 5.93. The zero-order chi connectivity index (χ0) is 14.0. The maximum Gasteiger partial charge on any atom is 0.516 e. The van der Waals surface area contributed by atoms with Gasteiger partial charge in [0, 0.05) is 5.69 Å². The molecule has 9 heteroatoms. The molecule has 0 aliphatic heterocycles. The van der Waals surface area contributed by atoms with Crippen molar-refractivity contribution in [1.29, 1.82) is 0 Å². The predicted octanol–water partition coefficient (Wildman–Crippen LogP) is 1.73. The number of rotatable bonds is 3. The van der Waals surface area contributed by atoms with E-state index in [-0.39, 0.29) is 11.3 Å². The van der Waals surface area contributed by atoms with Crippen LogP contribution in [0.4, 0.5) is 18.9 Å². The summed E-state index contributed by atoms with van der Waals surface area (Å²) >= 11 is 0. The highest BCUT2D eigenvalue weighted by molar-refractivity contribution is 7.93. The number of nitrogens with one attached hydrogen (secondary N) is 1. The Morgan fingerprint density at radius 2 is 1.94 bits per heavy atom. The van der Waals surface area contributed by atoms with Gasteiger partial charge >= 0.3 is 21.5 Å². The summed E-state index contributed by atoms with van der Waals surface area (Å²) in [5.74, 6) is -0.789. The standard InChI is InChI=1S/C9H8F3NO4S/c1-17-8(14)6-3-2-4-7(5-6)13-18(15,16)9(10,11)12/h2-5,13H,1H3. The molecule has 1 aromatic rings. The van der Waals surface area contributed by atoms with Crippen LogP contribution in [-0.4, -0.2) is 27.0 Å². The number of ether oxygens (including phenoxy) is 1. The lowest BCUT2D eigenvalue weighted by atomic mass is 10.2. The van der Waals surface area contributed by atoms with Gasteiger partial charge in [-0.1, -0.05) is 6.07 Å². The number of sulfonamides is 1. The smallest absolute Gasteiger partial charge is 0.465 e. The lowest BCUT2D eigenvalue weighted by Gasteiger charge is -2.10. The lowest BCUT2D eigenvalue weighted by Crippen LogP contribution is -2.29. The van der Waals surface area contributed by atoms with E-state index in [9.17, 15) is 26.4 Å². The molecule has 0 heterocycles. The molecule has 0 unspecified atom stereocenters. The fraction of sp³-hybridized carbons (Fsp3) is 0.222. The summed E-state index contributed by atoms with van der Waals surface area (Å²) in [4.78, 5) is 11.1. The molecular weight excluding hydrogens is 275 g/mol. The Morgan fingerprint density at radius 3 is 2.44 bits per heavy atom. The minimum Gasteiger partial charge on any atom is -0.465 e. The van der Waals surface area contributed by atoms with Crippen molar-refractivity contribution in [2.45, 2.75) is 5.51 Å². The number of alkyl halides is 3. The molecule has 5 nitrogen and oxygen atoms in total. The lowest BCUT2D eigenvalue weighted by molar-refractivity contribution is -0.0429. The number of anilines is 1. The summed E-state index contributed by atoms with van der Waals surface area (Å²) < 4.78 is 63.6. The Labute approximate surface area is 101 Å². The van der Waals surface area contributed by atoms with Crippen LogP contribution in [0.5, 0.6) is 0 Å². The number of hydrogen-bond acceptors (Lipinski definition) is 4. The molecule has 0 saturated carbocycles. The van der Waals surface area contributed by atoms with Gasteiger partial charge in [-0.15, -0.1) is 0 Å². The SMILES string of the molecule is COC(=O)c1cccc(NS(=O)(=O)C(F)(F)F)c1. The predicted molar refractivity (Wildman–Crippen MR) is 56.4 cm³/mol. The van der Waals surface area contributed by atoms with Gasteiger partial charge in [0.25, 0.3) is 0 Å². The third-order valence-corrected chi connectivity index (χ3v) is 2.95. The van der Waals surface area contributed by atoms with E-state index in [0.29, 0.717) is 0 Å². The number of carbonyl (C=O) groups excluding carboxylic acids is 1. The summed E-state index contributed by atoms with van der Waals surface area (Å²) in [6, 6.07) is 4.52. The first-order chi connectivity index (χ1) is 8.17. The molecule has 0 bridgehead atoms. The van der Waals surface area contributed by atoms with E-state index >= 15 is 0 Å². The van der Waals surface area contributed by atoms with E-state index in [2.05, 4.69) is 4.74 Å². The van der Waals surface area contributed by atoms with Crippen molar-refractivity contribution in [3.8, 4) is 0 Å². The molecule has 0 aliphatic rings. The Kier molecular flexibility index (Phi) is 3.85.